The maximum absolute atomic E-state index is 13.7. The minimum Gasteiger partial charge on any atom is -0.482 e. The number of amides is 2. The minimum absolute atomic E-state index is 0.179. The second-order valence-electron chi connectivity index (χ2n) is 8.88. The summed E-state index contributed by atoms with van der Waals surface area (Å²) >= 11 is 18.6. The van der Waals surface area contributed by atoms with Crippen molar-refractivity contribution in [2.75, 3.05) is 6.61 Å². The molecule has 2 amide bonds. The molecule has 0 fully saturated rings. The Kier molecular flexibility index (Phi) is 10.3. The molecule has 4 aromatic rings. The number of carbonyl (C=O) groups excluding carboxylic acids is 2. The SMILES string of the molecule is O=C(NCc1ccccc1Cl)[C@H](Cc1ccccc1)N(Cc1ccc(Cl)cc1)C(=O)COc1ccccc1Cl. The number of hydrogen-bond acceptors (Lipinski definition) is 3. The molecule has 1 N–H and O–H groups in total. The first-order valence-electron chi connectivity index (χ1n) is 12.4. The van der Waals surface area contributed by atoms with Crippen molar-refractivity contribution in [1.29, 1.82) is 0 Å². The third-order valence-corrected chi connectivity index (χ3v) is 7.07. The first-order valence-corrected chi connectivity index (χ1v) is 13.5. The van der Waals surface area contributed by atoms with E-state index in [-0.39, 0.29) is 31.5 Å². The second-order valence-corrected chi connectivity index (χ2v) is 10.1. The molecule has 0 aliphatic heterocycles. The van der Waals surface area contributed by atoms with Gasteiger partial charge >= 0.3 is 0 Å². The Labute approximate surface area is 243 Å². The lowest BCUT2D eigenvalue weighted by molar-refractivity contribution is -0.142. The highest BCUT2D eigenvalue weighted by atomic mass is 35.5. The number of nitrogens with one attached hydrogen (secondary N) is 1. The summed E-state index contributed by atoms with van der Waals surface area (Å²) in [4.78, 5) is 29.0. The monoisotopic (exact) mass is 580 g/mol. The molecule has 0 radical (unpaired) electrons. The van der Waals surface area contributed by atoms with E-state index in [0.29, 0.717) is 27.2 Å². The second kappa shape index (κ2) is 14.0. The van der Waals surface area contributed by atoms with E-state index in [4.69, 9.17) is 39.5 Å². The highest BCUT2D eigenvalue weighted by Crippen LogP contribution is 2.24. The zero-order valence-electron chi connectivity index (χ0n) is 21.0. The van der Waals surface area contributed by atoms with Gasteiger partial charge in [-0.25, -0.2) is 0 Å². The van der Waals surface area contributed by atoms with Crippen LogP contribution in [0.4, 0.5) is 0 Å². The standard InChI is InChI=1S/C31H27Cl3N2O3/c32-25-16-14-23(15-17-25)20-36(30(37)21-39-29-13-7-6-12-27(29)34)28(18-22-8-2-1-3-9-22)31(38)35-19-24-10-4-5-11-26(24)33/h1-17,28H,18-21H2,(H,35,38)/t28-/m0/s1. The van der Waals surface area contributed by atoms with Gasteiger partial charge in [0.15, 0.2) is 6.61 Å². The minimum atomic E-state index is -0.826. The zero-order valence-corrected chi connectivity index (χ0v) is 23.3. The molecule has 1 atom stereocenters. The quantitative estimate of drug-likeness (QED) is 0.208. The summed E-state index contributed by atoms with van der Waals surface area (Å²) < 4.78 is 5.77. The van der Waals surface area contributed by atoms with Gasteiger partial charge in [-0.1, -0.05) is 108 Å². The van der Waals surface area contributed by atoms with Crippen LogP contribution < -0.4 is 10.1 Å². The van der Waals surface area contributed by atoms with E-state index in [1.807, 2.05) is 60.7 Å². The molecule has 0 saturated carbocycles. The van der Waals surface area contributed by atoms with Crippen LogP contribution in [0.2, 0.25) is 15.1 Å². The van der Waals surface area contributed by atoms with Gasteiger partial charge in [0.1, 0.15) is 11.8 Å². The van der Waals surface area contributed by atoms with E-state index in [1.165, 1.54) is 4.90 Å². The van der Waals surface area contributed by atoms with Crippen LogP contribution in [-0.4, -0.2) is 29.4 Å². The Morgan fingerprint density at radius 1 is 0.744 bits per heavy atom. The lowest BCUT2D eigenvalue weighted by atomic mass is 10.0. The van der Waals surface area contributed by atoms with Gasteiger partial charge in [-0.2, -0.15) is 0 Å². The molecule has 200 valence electrons. The van der Waals surface area contributed by atoms with Crippen LogP contribution in [0.1, 0.15) is 16.7 Å². The largest absolute Gasteiger partial charge is 0.482 e. The van der Waals surface area contributed by atoms with Crippen LogP contribution >= 0.6 is 34.8 Å². The smallest absolute Gasteiger partial charge is 0.261 e. The van der Waals surface area contributed by atoms with Gasteiger partial charge in [0, 0.05) is 29.6 Å². The maximum Gasteiger partial charge on any atom is 0.261 e. The fraction of sp³-hybridized carbons (Fsp3) is 0.161. The van der Waals surface area contributed by atoms with Crippen molar-refractivity contribution in [2.24, 2.45) is 0 Å². The first kappa shape index (κ1) is 28.5. The maximum atomic E-state index is 13.7. The van der Waals surface area contributed by atoms with Crippen molar-refractivity contribution in [3.05, 3.63) is 135 Å². The molecule has 0 aliphatic rings. The van der Waals surface area contributed by atoms with Crippen LogP contribution in [-0.2, 0) is 29.1 Å². The lowest BCUT2D eigenvalue weighted by Gasteiger charge is -2.31. The Morgan fingerprint density at radius 3 is 2.08 bits per heavy atom. The van der Waals surface area contributed by atoms with Gasteiger partial charge in [-0.15, -0.1) is 0 Å². The number of nitrogens with zero attached hydrogens (tertiary/aromatic N) is 1. The molecular weight excluding hydrogens is 555 g/mol. The highest BCUT2D eigenvalue weighted by Gasteiger charge is 2.31. The number of para-hydroxylation sites is 1. The fourth-order valence-electron chi connectivity index (χ4n) is 4.07. The molecule has 0 saturated heterocycles. The van der Waals surface area contributed by atoms with Gasteiger partial charge in [-0.05, 0) is 47.0 Å². The molecule has 5 nitrogen and oxygen atoms in total. The Hall–Kier alpha value is -3.51. The topological polar surface area (TPSA) is 58.6 Å². The molecule has 8 heteroatoms. The summed E-state index contributed by atoms with van der Waals surface area (Å²) in [6.07, 6.45) is 0.306. The van der Waals surface area contributed by atoms with E-state index >= 15 is 0 Å². The van der Waals surface area contributed by atoms with Crippen molar-refractivity contribution in [3.8, 4) is 5.75 Å². The number of carbonyl (C=O) groups is 2. The summed E-state index contributed by atoms with van der Waals surface area (Å²) in [7, 11) is 0. The van der Waals surface area contributed by atoms with Crippen LogP contribution in [0.5, 0.6) is 5.75 Å². The van der Waals surface area contributed by atoms with Crippen LogP contribution in [0.3, 0.4) is 0 Å². The molecule has 4 rings (SSSR count). The number of halogens is 3. The van der Waals surface area contributed by atoms with Crippen LogP contribution in [0.25, 0.3) is 0 Å². The van der Waals surface area contributed by atoms with Crippen molar-refractivity contribution >= 4 is 46.6 Å². The van der Waals surface area contributed by atoms with Gasteiger partial charge in [0.05, 0.1) is 5.02 Å². The zero-order chi connectivity index (χ0) is 27.6. The average molecular weight is 582 g/mol. The number of hydrogen-bond donors (Lipinski definition) is 1. The van der Waals surface area contributed by atoms with E-state index in [1.54, 1.807) is 42.5 Å². The van der Waals surface area contributed by atoms with Gasteiger partial charge in [0.25, 0.3) is 5.91 Å². The van der Waals surface area contributed by atoms with Crippen molar-refractivity contribution in [3.63, 3.8) is 0 Å². The average Bonchev–Trinajstić information content (AvgIpc) is 2.95. The van der Waals surface area contributed by atoms with E-state index in [9.17, 15) is 9.59 Å². The molecule has 0 heterocycles. The first-order chi connectivity index (χ1) is 18.9. The molecule has 4 aromatic carbocycles. The van der Waals surface area contributed by atoms with Crippen molar-refractivity contribution < 1.29 is 14.3 Å². The number of rotatable bonds is 11. The number of ether oxygens (including phenoxy) is 1. The molecule has 0 bridgehead atoms. The predicted octanol–water partition coefficient (Wildman–Crippen LogP) is 6.98. The molecule has 0 aromatic heterocycles. The van der Waals surface area contributed by atoms with Crippen molar-refractivity contribution in [2.45, 2.75) is 25.6 Å². The Bertz CT molecular complexity index is 1400. The Balaban J connectivity index is 1.62. The highest BCUT2D eigenvalue weighted by molar-refractivity contribution is 6.32. The summed E-state index contributed by atoms with van der Waals surface area (Å²) in [5, 5.41) is 4.50. The lowest BCUT2D eigenvalue weighted by Crippen LogP contribution is -2.51. The van der Waals surface area contributed by atoms with Gasteiger partial charge in [0.2, 0.25) is 5.91 Å². The van der Waals surface area contributed by atoms with E-state index in [2.05, 4.69) is 5.32 Å². The summed E-state index contributed by atoms with van der Waals surface area (Å²) in [5.74, 6) is -0.278. The molecule has 0 spiro atoms. The summed E-state index contributed by atoms with van der Waals surface area (Å²) in [6, 6.07) is 30.2. The molecule has 0 unspecified atom stereocenters. The third-order valence-electron chi connectivity index (χ3n) is 6.14. The van der Waals surface area contributed by atoms with Crippen LogP contribution in [0, 0.1) is 0 Å². The van der Waals surface area contributed by atoms with Crippen molar-refractivity contribution in [1.82, 2.24) is 10.2 Å². The summed E-state index contributed by atoms with van der Waals surface area (Å²) in [5.41, 5.74) is 2.52. The fourth-order valence-corrected chi connectivity index (χ4v) is 4.59. The van der Waals surface area contributed by atoms with Crippen LogP contribution in [0.15, 0.2) is 103 Å². The predicted molar refractivity (Wildman–Crippen MR) is 156 cm³/mol. The van der Waals surface area contributed by atoms with E-state index < -0.39 is 6.04 Å². The Morgan fingerprint density at radius 2 is 1.38 bits per heavy atom. The summed E-state index contributed by atoms with van der Waals surface area (Å²) in [6.45, 7) is 0.113. The third kappa shape index (κ3) is 8.24. The number of benzene rings is 4. The van der Waals surface area contributed by atoms with Gasteiger partial charge < -0.3 is 15.0 Å². The van der Waals surface area contributed by atoms with E-state index in [0.717, 1.165) is 16.7 Å². The molecular formula is C31H27Cl3N2O3. The molecule has 0 aliphatic carbocycles. The van der Waals surface area contributed by atoms with Gasteiger partial charge in [-0.3, -0.25) is 9.59 Å². The molecule has 39 heavy (non-hydrogen) atoms. The normalized spacial score (nSPS) is 11.5.